The summed E-state index contributed by atoms with van der Waals surface area (Å²) in [6.07, 6.45) is 1.73. The van der Waals surface area contributed by atoms with Crippen molar-refractivity contribution < 1.29 is 14.3 Å². The van der Waals surface area contributed by atoms with Crippen LogP contribution in [0.3, 0.4) is 0 Å². The third-order valence-electron chi connectivity index (χ3n) is 3.94. The summed E-state index contributed by atoms with van der Waals surface area (Å²) in [4.78, 5) is 24.3. The lowest BCUT2D eigenvalue weighted by molar-refractivity contribution is -0.125. The largest absolute Gasteiger partial charge is 0.448 e. The van der Waals surface area contributed by atoms with Crippen LogP contribution < -0.4 is 5.32 Å². The number of hydrogen-bond donors (Lipinski definition) is 1. The highest BCUT2D eigenvalue weighted by Gasteiger charge is 2.30. The van der Waals surface area contributed by atoms with Gasteiger partial charge in [0.05, 0.1) is 5.56 Å². The summed E-state index contributed by atoms with van der Waals surface area (Å²) in [6, 6.07) is 15.0. The zero-order valence-corrected chi connectivity index (χ0v) is 13.0. The van der Waals surface area contributed by atoms with Crippen LogP contribution in [0.5, 0.6) is 0 Å². The number of nitrogens with one attached hydrogen (secondary N) is 1. The number of rotatable bonds is 4. The number of carbonyl (C=O) groups is 2. The molecule has 0 saturated carbocycles. The minimum Gasteiger partial charge on any atom is -0.448 e. The minimum atomic E-state index is -0.785. The van der Waals surface area contributed by atoms with Gasteiger partial charge < -0.3 is 10.1 Å². The summed E-state index contributed by atoms with van der Waals surface area (Å²) in [5.74, 6) is -0.735. The monoisotopic (exact) mass is 309 g/mol. The van der Waals surface area contributed by atoms with Crippen molar-refractivity contribution in [1.82, 2.24) is 0 Å². The number of aryl methyl sites for hydroxylation is 1. The van der Waals surface area contributed by atoms with Crippen molar-refractivity contribution in [2.24, 2.45) is 0 Å². The zero-order chi connectivity index (χ0) is 16.2. The molecule has 1 atom stereocenters. The maximum atomic E-state index is 12.3. The molecule has 0 radical (unpaired) electrons. The molecule has 4 heteroatoms. The number of benzene rings is 2. The molecule has 2 aromatic carbocycles. The second-order valence-corrected chi connectivity index (χ2v) is 5.69. The molecule has 1 aliphatic rings. The molecule has 4 nitrogen and oxygen atoms in total. The highest BCUT2D eigenvalue weighted by molar-refractivity contribution is 6.00. The van der Waals surface area contributed by atoms with E-state index in [1.165, 1.54) is 5.56 Å². The van der Waals surface area contributed by atoms with Crippen LogP contribution >= 0.6 is 0 Å². The average molecular weight is 309 g/mol. The van der Waals surface area contributed by atoms with E-state index in [4.69, 9.17) is 4.74 Å². The normalized spacial score (nSPS) is 16.4. The summed E-state index contributed by atoms with van der Waals surface area (Å²) in [6.45, 7) is 2.13. The molecule has 1 N–H and O–H groups in total. The van der Waals surface area contributed by atoms with E-state index in [-0.39, 0.29) is 5.91 Å². The second-order valence-electron chi connectivity index (χ2n) is 5.69. The second kappa shape index (κ2) is 6.65. The standard InChI is InChI=1S/C19H19NO3/c1-2-5-13-8-10-15(11-9-13)20-18(21)17-12-14-6-3-4-7-16(14)19(22)23-17/h3-4,6-11,17H,2,5,12H2,1H3,(H,20,21). The first-order valence-electron chi connectivity index (χ1n) is 7.86. The predicted octanol–water partition coefficient (Wildman–Crippen LogP) is 3.36. The Kier molecular flexibility index (Phi) is 4.42. The lowest BCUT2D eigenvalue weighted by Crippen LogP contribution is -2.37. The van der Waals surface area contributed by atoms with Crippen molar-refractivity contribution in [3.63, 3.8) is 0 Å². The van der Waals surface area contributed by atoms with Crippen molar-refractivity contribution in [1.29, 1.82) is 0 Å². The molecule has 0 saturated heterocycles. The molecule has 23 heavy (non-hydrogen) atoms. The number of amides is 1. The Morgan fingerprint density at radius 3 is 2.65 bits per heavy atom. The minimum absolute atomic E-state index is 0.295. The first-order chi connectivity index (χ1) is 11.2. The highest BCUT2D eigenvalue weighted by atomic mass is 16.5. The van der Waals surface area contributed by atoms with Gasteiger partial charge in [-0.1, -0.05) is 43.7 Å². The number of ether oxygens (including phenoxy) is 1. The Morgan fingerprint density at radius 1 is 1.17 bits per heavy atom. The fourth-order valence-corrected chi connectivity index (χ4v) is 2.74. The fraction of sp³-hybridized carbons (Fsp3) is 0.263. The van der Waals surface area contributed by atoms with Gasteiger partial charge in [-0.3, -0.25) is 4.79 Å². The van der Waals surface area contributed by atoms with Crippen molar-refractivity contribution in [3.05, 3.63) is 65.2 Å². The van der Waals surface area contributed by atoms with Crippen LogP contribution in [0.1, 0.15) is 34.8 Å². The Hall–Kier alpha value is -2.62. The van der Waals surface area contributed by atoms with Crippen LogP contribution in [0.2, 0.25) is 0 Å². The van der Waals surface area contributed by atoms with Crippen LogP contribution in [0.15, 0.2) is 48.5 Å². The molecule has 1 amide bonds. The molecule has 0 aliphatic carbocycles. The van der Waals surface area contributed by atoms with Gasteiger partial charge in [-0.15, -0.1) is 0 Å². The zero-order valence-electron chi connectivity index (χ0n) is 13.0. The third-order valence-corrected chi connectivity index (χ3v) is 3.94. The van der Waals surface area contributed by atoms with E-state index in [0.29, 0.717) is 17.7 Å². The molecule has 0 fully saturated rings. The smallest absolute Gasteiger partial charge is 0.339 e. The Morgan fingerprint density at radius 2 is 1.91 bits per heavy atom. The van der Waals surface area contributed by atoms with Gasteiger partial charge in [-0.25, -0.2) is 4.79 Å². The average Bonchev–Trinajstić information content (AvgIpc) is 2.57. The van der Waals surface area contributed by atoms with Crippen molar-refractivity contribution in [3.8, 4) is 0 Å². The van der Waals surface area contributed by atoms with Gasteiger partial charge in [0.2, 0.25) is 0 Å². The maximum Gasteiger partial charge on any atom is 0.339 e. The lowest BCUT2D eigenvalue weighted by atomic mass is 9.98. The third kappa shape index (κ3) is 3.42. The number of esters is 1. The van der Waals surface area contributed by atoms with Crippen LogP contribution in [0.25, 0.3) is 0 Å². The molecule has 0 bridgehead atoms. The van der Waals surface area contributed by atoms with Gasteiger partial charge >= 0.3 is 5.97 Å². The molecule has 1 unspecified atom stereocenters. The van der Waals surface area contributed by atoms with Crippen LogP contribution in [0, 0.1) is 0 Å². The molecule has 2 aromatic rings. The molecule has 3 rings (SSSR count). The molecular formula is C19H19NO3. The van der Waals surface area contributed by atoms with Gasteiger partial charge in [0.1, 0.15) is 0 Å². The van der Waals surface area contributed by atoms with Crippen LogP contribution in [-0.2, 0) is 22.4 Å². The van der Waals surface area contributed by atoms with Gasteiger partial charge in [-0.05, 0) is 35.7 Å². The number of fused-ring (bicyclic) bond motifs is 1. The molecular weight excluding hydrogens is 290 g/mol. The van der Waals surface area contributed by atoms with Crippen molar-refractivity contribution in [2.45, 2.75) is 32.3 Å². The summed E-state index contributed by atoms with van der Waals surface area (Å²) in [5.41, 5.74) is 3.34. The Bertz CT molecular complexity index is 722. The summed E-state index contributed by atoms with van der Waals surface area (Å²) < 4.78 is 5.26. The SMILES string of the molecule is CCCc1ccc(NC(=O)C2Cc3ccccc3C(=O)O2)cc1. The topological polar surface area (TPSA) is 55.4 Å². The Labute approximate surface area is 135 Å². The molecule has 1 aliphatic heterocycles. The van der Waals surface area contributed by atoms with Crippen molar-refractivity contribution in [2.75, 3.05) is 5.32 Å². The summed E-state index contributed by atoms with van der Waals surface area (Å²) in [7, 11) is 0. The number of carbonyl (C=O) groups excluding carboxylic acids is 2. The maximum absolute atomic E-state index is 12.3. The van der Waals surface area contributed by atoms with E-state index in [1.807, 2.05) is 36.4 Å². The van der Waals surface area contributed by atoms with E-state index >= 15 is 0 Å². The summed E-state index contributed by atoms with van der Waals surface area (Å²) >= 11 is 0. The van der Waals surface area contributed by atoms with E-state index in [2.05, 4.69) is 12.2 Å². The fourth-order valence-electron chi connectivity index (χ4n) is 2.74. The summed E-state index contributed by atoms with van der Waals surface area (Å²) in [5, 5.41) is 2.82. The van der Waals surface area contributed by atoms with Crippen molar-refractivity contribution >= 4 is 17.6 Å². The van der Waals surface area contributed by atoms with Gasteiger partial charge in [-0.2, -0.15) is 0 Å². The highest BCUT2D eigenvalue weighted by Crippen LogP contribution is 2.21. The van der Waals surface area contributed by atoms with Gasteiger partial charge in [0.25, 0.3) is 5.91 Å². The quantitative estimate of drug-likeness (QED) is 0.881. The van der Waals surface area contributed by atoms with Crippen LogP contribution in [-0.4, -0.2) is 18.0 Å². The molecule has 118 valence electrons. The first kappa shape index (κ1) is 15.3. The first-order valence-corrected chi connectivity index (χ1v) is 7.86. The number of anilines is 1. The lowest BCUT2D eigenvalue weighted by Gasteiger charge is -2.23. The number of cyclic esters (lactones) is 1. The predicted molar refractivity (Wildman–Crippen MR) is 88.4 cm³/mol. The van der Waals surface area contributed by atoms with E-state index in [9.17, 15) is 9.59 Å². The number of hydrogen-bond acceptors (Lipinski definition) is 3. The molecule has 0 spiro atoms. The van der Waals surface area contributed by atoms with Crippen LogP contribution in [0.4, 0.5) is 5.69 Å². The molecule has 1 heterocycles. The Balaban J connectivity index is 1.68. The van der Waals surface area contributed by atoms with E-state index in [1.54, 1.807) is 12.1 Å². The van der Waals surface area contributed by atoms with Gasteiger partial charge in [0, 0.05) is 12.1 Å². The van der Waals surface area contributed by atoms with E-state index in [0.717, 1.165) is 18.4 Å². The van der Waals surface area contributed by atoms with E-state index < -0.39 is 12.1 Å². The molecule has 0 aromatic heterocycles. The van der Waals surface area contributed by atoms with Gasteiger partial charge in [0.15, 0.2) is 6.10 Å².